The molecule has 1 aliphatic heterocycles. The van der Waals surface area contributed by atoms with E-state index in [2.05, 4.69) is 13.0 Å². The van der Waals surface area contributed by atoms with E-state index in [1.807, 2.05) is 36.9 Å². The quantitative estimate of drug-likeness (QED) is 0.836. The number of piperidine rings is 1. The van der Waals surface area contributed by atoms with Crippen molar-refractivity contribution in [2.24, 2.45) is 11.8 Å². The van der Waals surface area contributed by atoms with Crippen LogP contribution in [0.5, 0.6) is 5.75 Å². The maximum absolute atomic E-state index is 12.4. The summed E-state index contributed by atoms with van der Waals surface area (Å²) in [5, 5.41) is 9.32. The summed E-state index contributed by atoms with van der Waals surface area (Å²) in [5.41, 5.74) is 2.29. The Labute approximate surface area is 139 Å². The van der Waals surface area contributed by atoms with Crippen LogP contribution in [0.1, 0.15) is 37.3 Å². The Kier molecular flexibility index (Phi) is 6.04. The number of hydrogen-bond acceptors (Lipinski definition) is 3. The molecule has 0 spiro atoms. The second-order valence-electron chi connectivity index (χ2n) is 6.52. The first-order chi connectivity index (χ1) is 11.0. The minimum Gasteiger partial charge on any atom is -0.493 e. The number of nitriles is 1. The number of ether oxygens (including phenoxy) is 1. The lowest BCUT2D eigenvalue weighted by Gasteiger charge is -2.31. The standard InChI is InChI=1S/C19H26N2O2/c1-14-7-10-21(11-8-14)19(22)17(13-20)9-12-23-18-6-4-5-15(2)16(18)3/h4-6,14,17H,7-12H2,1-3H3. The molecule has 4 nitrogen and oxygen atoms in total. The number of carbonyl (C=O) groups excluding carboxylic acids is 1. The lowest BCUT2D eigenvalue weighted by Crippen LogP contribution is -2.41. The second-order valence-corrected chi connectivity index (χ2v) is 6.52. The highest BCUT2D eigenvalue weighted by molar-refractivity contribution is 5.81. The van der Waals surface area contributed by atoms with Gasteiger partial charge in [0.15, 0.2) is 0 Å². The van der Waals surface area contributed by atoms with Crippen molar-refractivity contribution < 1.29 is 9.53 Å². The van der Waals surface area contributed by atoms with E-state index in [1.54, 1.807) is 0 Å². The number of amides is 1. The molecule has 1 heterocycles. The molecule has 1 atom stereocenters. The van der Waals surface area contributed by atoms with Crippen LogP contribution >= 0.6 is 0 Å². The first kappa shape index (κ1) is 17.3. The van der Waals surface area contributed by atoms with E-state index < -0.39 is 5.92 Å². The van der Waals surface area contributed by atoms with E-state index in [4.69, 9.17) is 4.74 Å². The zero-order valence-electron chi connectivity index (χ0n) is 14.3. The number of benzene rings is 1. The van der Waals surface area contributed by atoms with E-state index in [9.17, 15) is 10.1 Å². The third-order valence-electron chi connectivity index (χ3n) is 4.77. The Morgan fingerprint density at radius 1 is 1.39 bits per heavy atom. The predicted molar refractivity (Wildman–Crippen MR) is 90.1 cm³/mol. The van der Waals surface area contributed by atoms with Gasteiger partial charge >= 0.3 is 0 Å². The lowest BCUT2D eigenvalue weighted by molar-refractivity contribution is -0.135. The number of aryl methyl sites for hydroxylation is 1. The van der Waals surface area contributed by atoms with Crippen molar-refractivity contribution in [2.75, 3.05) is 19.7 Å². The summed E-state index contributed by atoms with van der Waals surface area (Å²) in [6.07, 6.45) is 2.50. The van der Waals surface area contributed by atoms with Crippen LogP contribution in [0.3, 0.4) is 0 Å². The van der Waals surface area contributed by atoms with Crippen LogP contribution in [0.25, 0.3) is 0 Å². The molecule has 4 heteroatoms. The Bertz CT molecular complexity index is 584. The van der Waals surface area contributed by atoms with Crippen LogP contribution < -0.4 is 4.74 Å². The predicted octanol–water partition coefficient (Wildman–Crippen LogP) is 3.47. The molecular weight excluding hydrogens is 288 g/mol. The average Bonchev–Trinajstić information content (AvgIpc) is 2.55. The van der Waals surface area contributed by atoms with E-state index >= 15 is 0 Å². The largest absolute Gasteiger partial charge is 0.493 e. The molecule has 0 saturated carbocycles. The zero-order chi connectivity index (χ0) is 16.8. The molecular formula is C19H26N2O2. The van der Waals surface area contributed by atoms with Gasteiger partial charge in [0.25, 0.3) is 0 Å². The van der Waals surface area contributed by atoms with Crippen LogP contribution in [-0.4, -0.2) is 30.5 Å². The van der Waals surface area contributed by atoms with Crippen molar-refractivity contribution in [1.29, 1.82) is 5.26 Å². The van der Waals surface area contributed by atoms with Crippen molar-refractivity contribution in [2.45, 2.75) is 40.0 Å². The van der Waals surface area contributed by atoms with E-state index in [0.29, 0.717) is 18.9 Å². The molecule has 1 unspecified atom stereocenters. The molecule has 0 radical (unpaired) electrons. The molecule has 1 saturated heterocycles. The molecule has 0 aromatic heterocycles. The maximum atomic E-state index is 12.4. The minimum atomic E-state index is -0.603. The van der Waals surface area contributed by atoms with Gasteiger partial charge in [-0.25, -0.2) is 0 Å². The SMILES string of the molecule is Cc1cccc(OCCC(C#N)C(=O)N2CCC(C)CC2)c1C. The van der Waals surface area contributed by atoms with Crippen LogP contribution in [0.15, 0.2) is 18.2 Å². The highest BCUT2D eigenvalue weighted by Gasteiger charge is 2.27. The van der Waals surface area contributed by atoms with Crippen molar-refractivity contribution in [1.82, 2.24) is 4.90 Å². The Hall–Kier alpha value is -2.02. The number of rotatable bonds is 5. The van der Waals surface area contributed by atoms with Gasteiger partial charge in [0.2, 0.25) is 5.91 Å². The van der Waals surface area contributed by atoms with Gasteiger partial charge in [-0.2, -0.15) is 5.26 Å². The third kappa shape index (κ3) is 4.48. The Balaban J connectivity index is 1.86. The van der Waals surface area contributed by atoms with Crippen molar-refractivity contribution in [3.05, 3.63) is 29.3 Å². The van der Waals surface area contributed by atoms with Gasteiger partial charge in [0, 0.05) is 19.5 Å². The van der Waals surface area contributed by atoms with Gasteiger partial charge in [-0.1, -0.05) is 19.1 Å². The van der Waals surface area contributed by atoms with Crippen molar-refractivity contribution in [3.63, 3.8) is 0 Å². The summed E-state index contributed by atoms with van der Waals surface area (Å²) >= 11 is 0. The molecule has 1 amide bonds. The summed E-state index contributed by atoms with van der Waals surface area (Å²) in [7, 11) is 0. The Morgan fingerprint density at radius 2 is 2.09 bits per heavy atom. The van der Waals surface area contributed by atoms with Crippen LogP contribution in [0.4, 0.5) is 0 Å². The smallest absolute Gasteiger partial charge is 0.240 e. The zero-order valence-corrected chi connectivity index (χ0v) is 14.3. The Morgan fingerprint density at radius 3 is 2.74 bits per heavy atom. The molecule has 0 aliphatic carbocycles. The summed E-state index contributed by atoms with van der Waals surface area (Å²) in [5.74, 6) is 0.866. The van der Waals surface area contributed by atoms with Gasteiger partial charge in [-0.05, 0) is 49.8 Å². The van der Waals surface area contributed by atoms with Crippen LogP contribution in [-0.2, 0) is 4.79 Å². The van der Waals surface area contributed by atoms with Crippen molar-refractivity contribution in [3.8, 4) is 11.8 Å². The van der Waals surface area contributed by atoms with Crippen LogP contribution in [0, 0.1) is 37.0 Å². The van der Waals surface area contributed by atoms with E-state index in [1.165, 1.54) is 5.56 Å². The maximum Gasteiger partial charge on any atom is 0.240 e. The average molecular weight is 314 g/mol. The minimum absolute atomic E-state index is 0.0380. The molecule has 1 aromatic carbocycles. The number of nitrogens with zero attached hydrogens (tertiary/aromatic N) is 2. The van der Waals surface area contributed by atoms with Gasteiger partial charge in [0.05, 0.1) is 12.7 Å². The first-order valence-corrected chi connectivity index (χ1v) is 8.40. The summed E-state index contributed by atoms with van der Waals surface area (Å²) in [4.78, 5) is 14.3. The molecule has 23 heavy (non-hydrogen) atoms. The summed E-state index contributed by atoms with van der Waals surface area (Å²) in [6.45, 7) is 8.21. The van der Waals surface area contributed by atoms with Gasteiger partial charge in [0.1, 0.15) is 11.7 Å². The number of likely N-dealkylation sites (tertiary alicyclic amines) is 1. The van der Waals surface area contributed by atoms with Crippen molar-refractivity contribution >= 4 is 5.91 Å². The highest BCUT2D eigenvalue weighted by Crippen LogP contribution is 2.22. The van der Waals surface area contributed by atoms with Gasteiger partial charge in [-0.3, -0.25) is 4.79 Å². The fraction of sp³-hybridized carbons (Fsp3) is 0.579. The fourth-order valence-electron chi connectivity index (χ4n) is 2.86. The molecule has 1 fully saturated rings. The third-order valence-corrected chi connectivity index (χ3v) is 4.77. The number of carbonyl (C=O) groups is 1. The molecule has 0 N–H and O–H groups in total. The summed E-state index contributed by atoms with van der Waals surface area (Å²) in [6, 6.07) is 8.08. The molecule has 0 bridgehead atoms. The monoisotopic (exact) mass is 314 g/mol. The highest BCUT2D eigenvalue weighted by atomic mass is 16.5. The lowest BCUT2D eigenvalue weighted by atomic mass is 9.97. The summed E-state index contributed by atoms with van der Waals surface area (Å²) < 4.78 is 5.78. The molecule has 2 rings (SSSR count). The molecule has 124 valence electrons. The van der Waals surface area contributed by atoms with Gasteiger partial charge < -0.3 is 9.64 Å². The second kappa shape index (κ2) is 8.01. The van der Waals surface area contributed by atoms with E-state index in [-0.39, 0.29) is 5.91 Å². The fourth-order valence-corrected chi connectivity index (χ4v) is 2.86. The van der Waals surface area contributed by atoms with Gasteiger partial charge in [-0.15, -0.1) is 0 Å². The van der Waals surface area contributed by atoms with Crippen LogP contribution in [0.2, 0.25) is 0 Å². The number of hydrogen-bond donors (Lipinski definition) is 0. The molecule has 1 aromatic rings. The van der Waals surface area contributed by atoms with E-state index in [0.717, 1.165) is 37.2 Å². The first-order valence-electron chi connectivity index (χ1n) is 8.40. The molecule has 1 aliphatic rings. The topological polar surface area (TPSA) is 53.3 Å². The normalized spacial score (nSPS) is 16.7.